The molecule has 0 aliphatic carbocycles. The number of alkyl halides is 2. The Hall–Kier alpha value is -9.59. The van der Waals surface area contributed by atoms with Crippen LogP contribution < -0.4 is 43.0 Å². The van der Waals surface area contributed by atoms with Crippen LogP contribution in [0.25, 0.3) is 10.9 Å². The molecule has 7 atom stereocenters. The van der Waals surface area contributed by atoms with Gasteiger partial charge in [-0.1, -0.05) is 12.1 Å². The molecule has 37 nitrogen and oxygen atoms in total. The van der Waals surface area contributed by atoms with E-state index < -0.39 is 200 Å². The first-order chi connectivity index (χ1) is 46.8. The molecular formula is C59H77CuF2N15O22S. The van der Waals surface area contributed by atoms with Crippen molar-refractivity contribution in [3.8, 4) is 6.07 Å². The number of pyridine rings is 1. The van der Waals surface area contributed by atoms with Crippen molar-refractivity contribution >= 4 is 123 Å². The van der Waals surface area contributed by atoms with Gasteiger partial charge in [0.1, 0.15) is 36.3 Å². The summed E-state index contributed by atoms with van der Waals surface area (Å²) in [6.07, 6.45) is -4.19. The van der Waals surface area contributed by atoms with E-state index in [1.165, 1.54) is 45.2 Å². The van der Waals surface area contributed by atoms with Crippen LogP contribution in [0.5, 0.6) is 0 Å². The predicted octanol–water partition coefficient (Wildman–Crippen LogP) is -4.16. The van der Waals surface area contributed by atoms with E-state index in [0.29, 0.717) is 16.7 Å². The summed E-state index contributed by atoms with van der Waals surface area (Å²) in [5.41, 5.74) is 5.66. The number of nitrogens with two attached hydrogens (primary N) is 1. The number of fused-ring (bicyclic) bond motifs is 1. The molecule has 10 amide bonds. The topological polar surface area (TPSA) is 558 Å². The van der Waals surface area contributed by atoms with E-state index in [0.717, 1.165) is 4.90 Å². The van der Waals surface area contributed by atoms with Crippen molar-refractivity contribution in [2.45, 2.75) is 118 Å². The summed E-state index contributed by atoms with van der Waals surface area (Å²) >= 11 is 0.626. The first-order valence-electron chi connectivity index (χ1n) is 31.0. The molecule has 0 bridgehead atoms. The number of likely N-dealkylation sites (tertiary alicyclic amines) is 2. The number of unbranched alkanes of at least 4 members (excludes halogenated alkanes) is 1. The number of para-hydroxylation sites is 1. The maximum Gasteiger partial charge on any atom is 0.327 e. The molecule has 1 aromatic heterocycles. The quantitative estimate of drug-likeness (QED) is 0.0172. The van der Waals surface area contributed by atoms with E-state index in [-0.39, 0.29) is 143 Å². The maximum atomic E-state index is 13.9. The fraction of sp³-hybridized carbons (Fsp3) is 0.559. The van der Waals surface area contributed by atoms with Crippen molar-refractivity contribution < 1.29 is 133 Å². The van der Waals surface area contributed by atoms with E-state index in [9.17, 15) is 121 Å². The molecule has 3 aliphatic heterocycles. The first kappa shape index (κ1) is 82.8. The van der Waals surface area contributed by atoms with Crippen molar-refractivity contribution in [3.05, 3.63) is 36.0 Å². The van der Waals surface area contributed by atoms with Gasteiger partial charge < -0.3 is 78.5 Å². The predicted molar refractivity (Wildman–Crippen MR) is 336 cm³/mol. The van der Waals surface area contributed by atoms with Crippen molar-refractivity contribution in [2.75, 3.05) is 96.2 Å². The van der Waals surface area contributed by atoms with Gasteiger partial charge in [-0.05, 0) is 44.4 Å². The molecule has 2 unspecified atom stereocenters. The van der Waals surface area contributed by atoms with Crippen molar-refractivity contribution in [2.24, 2.45) is 5.73 Å². The van der Waals surface area contributed by atoms with Crippen LogP contribution in [0, 0.1) is 11.3 Å². The smallest absolute Gasteiger partial charge is 0.327 e. The number of halogens is 2. The first-order valence-corrected chi connectivity index (χ1v) is 32.0. The third-order valence-electron chi connectivity index (χ3n) is 15.8. The Morgan fingerprint density at radius 3 is 1.85 bits per heavy atom. The molecular weight excluding hydrogens is 1400 g/mol. The number of anilines is 1. The monoisotopic (exact) mass is 1480 g/mol. The molecule has 551 valence electrons. The summed E-state index contributed by atoms with van der Waals surface area (Å²) in [5.74, 6) is -22.2. The number of carbonyl (C=O) groups excluding carboxylic acids is 10. The third kappa shape index (κ3) is 26.3. The summed E-state index contributed by atoms with van der Waals surface area (Å²) in [7, 11) is 0. The van der Waals surface area contributed by atoms with Gasteiger partial charge in [-0.15, -0.1) is 11.8 Å². The van der Waals surface area contributed by atoms with Gasteiger partial charge in [0.05, 0.1) is 67.1 Å². The number of benzene rings is 1. The Morgan fingerprint density at radius 2 is 1.27 bits per heavy atom. The van der Waals surface area contributed by atoms with E-state index in [1.54, 1.807) is 6.07 Å². The number of rotatable bonds is 38. The van der Waals surface area contributed by atoms with Crippen LogP contribution in [0.2, 0.25) is 0 Å². The number of carboxylic acids is 6. The Kier molecular flexibility index (Phi) is 33.0. The van der Waals surface area contributed by atoms with Gasteiger partial charge in [0.2, 0.25) is 53.2 Å². The molecule has 100 heavy (non-hydrogen) atoms. The number of hydrogen-bond donors (Lipinski definition) is 14. The number of nitriles is 1. The summed E-state index contributed by atoms with van der Waals surface area (Å²) in [6, 6.07) is -3.05. The second-order valence-corrected chi connectivity index (χ2v) is 24.4. The average Bonchev–Trinajstić information content (AvgIpc) is 1.27. The Balaban J connectivity index is 0.0000212. The third-order valence-corrected chi connectivity index (χ3v) is 17.1. The SMILES string of the molecule is N#C[C@@H]1CC(F)(F)CN1C(=O)CNC(=O)c1ccnc2c(NC(=O)CCC(=O)N[C@@H](CC(=O)O)C(=O)N[C@@H](CCCCN)C(=O)N[C@@H](CC(=O)O)C(=O)N[C@@H](CSC3CC(=O)N(CCNC(=O)CCC(C(=O)O)N4CCN(CC(=O)O)CCN(CC(=O)O)CC4)C3=O)C(=O)O)cccc12.[64Cu]. The molecule has 0 saturated carbocycles. The standard InChI is InChI=1S/C59H77F2N15O22S.Cu/c60-59(61)25-32(26-63)76(31-59)46(81)27-66-52(90)34-11-13-65-51-33(34)4-3-6-35(51)67-43(78)9-10-44(79)68-37(22-47(82)83)54(92)69-36(5-1-2-12-62)53(91)70-38(23-48(84)85)55(93)71-39(57(95)96)30-99-41-24-45(80)75(56(41)94)15-14-64-42(77)8-7-40(58(97)98)74-20-18-72(28-49(86)87)16-17-73(19-21-74)29-50(88)89;/h3-4,6,11,13,32,36-41H,1-2,5,7-10,12,14-25,27-31,62H2,(H,64,77)(H,66,90)(H,67,78)(H,68,79)(H,69,92)(H,70,91)(H,71,93)(H,82,83)(H,84,85)(H,86,87)(H,88,89)(H,95,96)(H,97,98);/t32-,36-,37-,38-,39-,40?,41?;/m0./s1/i;1+0. The number of carboxylic acid groups (broad SMARTS) is 6. The van der Waals surface area contributed by atoms with Crippen LogP contribution in [0.3, 0.4) is 0 Å². The maximum absolute atomic E-state index is 13.9. The number of amides is 10. The van der Waals surface area contributed by atoms with E-state index in [4.69, 9.17) is 5.73 Å². The number of thioether (sulfide) groups is 1. The number of nitrogens with zero attached hydrogens (tertiary/aromatic N) is 7. The summed E-state index contributed by atoms with van der Waals surface area (Å²) in [5, 5.41) is 82.6. The fourth-order valence-corrected chi connectivity index (χ4v) is 12.0. The van der Waals surface area contributed by atoms with Crippen LogP contribution in [-0.2, 0) is 89.0 Å². The molecule has 3 fully saturated rings. The number of aliphatic carboxylic acids is 6. The van der Waals surface area contributed by atoms with Gasteiger partial charge in [-0.2, -0.15) is 5.26 Å². The van der Waals surface area contributed by atoms with E-state index >= 15 is 0 Å². The molecule has 15 N–H and O–H groups in total. The molecule has 1 aromatic carbocycles. The van der Waals surface area contributed by atoms with Crippen molar-refractivity contribution in [3.63, 3.8) is 0 Å². The molecule has 3 saturated heterocycles. The van der Waals surface area contributed by atoms with Crippen molar-refractivity contribution in [1.82, 2.24) is 61.4 Å². The molecule has 0 spiro atoms. The van der Waals surface area contributed by atoms with E-state index in [2.05, 4.69) is 42.2 Å². The summed E-state index contributed by atoms with van der Waals surface area (Å²) < 4.78 is 27.9. The van der Waals surface area contributed by atoms with Gasteiger partial charge in [0.25, 0.3) is 11.8 Å². The normalized spacial score (nSPS) is 17.9. The number of aromatic nitrogens is 1. The molecule has 5 rings (SSSR count). The van der Waals surface area contributed by atoms with Crippen molar-refractivity contribution in [1.29, 1.82) is 5.26 Å². The minimum Gasteiger partial charge on any atom is -0.481 e. The van der Waals surface area contributed by atoms with Crippen LogP contribution in [-0.4, -0.2) is 293 Å². The molecule has 2 aromatic rings. The van der Waals surface area contributed by atoms with Gasteiger partial charge in [0.15, 0.2) is 0 Å². The van der Waals surface area contributed by atoms with Gasteiger partial charge in [-0.25, -0.2) is 13.6 Å². The molecule has 4 heterocycles. The van der Waals surface area contributed by atoms with E-state index in [1.807, 2.05) is 0 Å². The minimum atomic E-state index is -3.29. The van der Waals surface area contributed by atoms with Crippen LogP contribution in [0.4, 0.5) is 14.5 Å². The zero-order valence-corrected chi connectivity index (χ0v) is 55.3. The van der Waals surface area contributed by atoms with Crippen LogP contribution in [0.1, 0.15) is 81.0 Å². The number of carbonyl (C=O) groups is 16. The second-order valence-electron chi connectivity index (χ2n) is 23.2. The van der Waals surface area contributed by atoms with Gasteiger partial charge in [0, 0.05) is 119 Å². The zero-order chi connectivity index (χ0) is 73.3. The zero-order valence-electron chi connectivity index (χ0n) is 53.5. The molecule has 3 aliphatic rings. The minimum absolute atomic E-state index is 0. The largest absolute Gasteiger partial charge is 0.481 e. The summed E-state index contributed by atoms with van der Waals surface area (Å²) in [4.78, 5) is 215. The van der Waals surface area contributed by atoms with Crippen LogP contribution in [0.15, 0.2) is 30.5 Å². The summed E-state index contributed by atoms with van der Waals surface area (Å²) in [6.45, 7) is -2.27. The van der Waals surface area contributed by atoms with Gasteiger partial charge >= 0.3 is 35.8 Å². The van der Waals surface area contributed by atoms with Crippen LogP contribution >= 0.6 is 11.8 Å². The Bertz CT molecular complexity index is 3420. The number of hydrogen-bond acceptors (Lipinski definition) is 23. The van der Waals surface area contributed by atoms with Gasteiger partial charge in [-0.3, -0.25) is 96.5 Å². The molecule has 41 heteroatoms. The number of nitrogens with one attached hydrogen (secondary N) is 7. The second kappa shape index (κ2) is 39.9. The molecule has 1 radical (unpaired) electrons. The average molecular weight is 1480 g/mol. The Labute approximate surface area is 582 Å². The number of imide groups is 1. The fourth-order valence-electron chi connectivity index (χ4n) is 10.8. The Morgan fingerprint density at radius 1 is 0.690 bits per heavy atom.